The first kappa shape index (κ1) is 10.5. The SMILES string of the molecule is CN(C)C(=O)c1cc2sc(Cl)cc2n1C. The summed E-state index contributed by atoms with van der Waals surface area (Å²) in [6.07, 6.45) is 0. The lowest BCUT2D eigenvalue weighted by molar-refractivity contribution is 0.0819. The monoisotopic (exact) mass is 242 g/mol. The third-order valence-corrected chi connectivity index (χ3v) is 3.53. The number of fused-ring (bicyclic) bond motifs is 1. The Kier molecular flexibility index (Phi) is 2.48. The summed E-state index contributed by atoms with van der Waals surface area (Å²) < 4.78 is 3.67. The van der Waals surface area contributed by atoms with E-state index >= 15 is 0 Å². The van der Waals surface area contributed by atoms with Gasteiger partial charge in [0.1, 0.15) is 5.69 Å². The molecule has 5 heteroatoms. The number of nitrogens with zero attached hydrogens (tertiary/aromatic N) is 2. The van der Waals surface area contributed by atoms with Gasteiger partial charge in [0, 0.05) is 21.1 Å². The molecule has 2 aromatic heterocycles. The van der Waals surface area contributed by atoms with Crippen LogP contribution in [-0.4, -0.2) is 29.5 Å². The lowest BCUT2D eigenvalue weighted by Crippen LogP contribution is -2.23. The molecule has 0 N–H and O–H groups in total. The lowest BCUT2D eigenvalue weighted by Gasteiger charge is -2.10. The van der Waals surface area contributed by atoms with Gasteiger partial charge in [-0.3, -0.25) is 4.79 Å². The topological polar surface area (TPSA) is 25.2 Å². The van der Waals surface area contributed by atoms with Crippen LogP contribution in [-0.2, 0) is 7.05 Å². The Morgan fingerprint density at radius 1 is 1.47 bits per heavy atom. The van der Waals surface area contributed by atoms with Gasteiger partial charge < -0.3 is 9.47 Å². The number of hydrogen-bond acceptors (Lipinski definition) is 2. The molecule has 0 bridgehead atoms. The van der Waals surface area contributed by atoms with Crippen molar-refractivity contribution in [3.63, 3.8) is 0 Å². The van der Waals surface area contributed by atoms with Crippen LogP contribution in [0.4, 0.5) is 0 Å². The first-order valence-corrected chi connectivity index (χ1v) is 5.66. The standard InChI is InChI=1S/C10H11ClN2OS/c1-12(2)10(14)7-4-8-6(13(7)3)5-9(11)15-8/h4-5H,1-3H3. The minimum absolute atomic E-state index is 0.0111. The molecule has 0 fully saturated rings. The van der Waals surface area contributed by atoms with Crippen LogP contribution in [0.2, 0.25) is 4.34 Å². The van der Waals surface area contributed by atoms with Crippen LogP contribution in [0.25, 0.3) is 10.2 Å². The van der Waals surface area contributed by atoms with Crippen LogP contribution in [0.3, 0.4) is 0 Å². The van der Waals surface area contributed by atoms with Gasteiger partial charge in [-0.05, 0) is 12.1 Å². The predicted molar refractivity (Wildman–Crippen MR) is 63.8 cm³/mol. The lowest BCUT2D eigenvalue weighted by atomic mass is 10.4. The first-order valence-electron chi connectivity index (χ1n) is 4.47. The quantitative estimate of drug-likeness (QED) is 0.755. The van der Waals surface area contributed by atoms with Crippen molar-refractivity contribution in [2.75, 3.05) is 14.1 Å². The number of rotatable bonds is 1. The van der Waals surface area contributed by atoms with Gasteiger partial charge >= 0.3 is 0 Å². The second-order valence-corrected chi connectivity index (χ2v) is 5.30. The maximum absolute atomic E-state index is 11.8. The molecule has 0 aliphatic heterocycles. The van der Waals surface area contributed by atoms with Gasteiger partial charge in [0.25, 0.3) is 5.91 Å². The number of amides is 1. The highest BCUT2D eigenvalue weighted by atomic mass is 35.5. The number of thiophene rings is 1. The largest absolute Gasteiger partial charge is 0.343 e. The molecule has 0 aromatic carbocycles. The second kappa shape index (κ2) is 3.54. The summed E-state index contributed by atoms with van der Waals surface area (Å²) in [5.41, 5.74) is 1.70. The molecule has 15 heavy (non-hydrogen) atoms. The minimum atomic E-state index is 0.0111. The first-order chi connectivity index (χ1) is 7.00. The van der Waals surface area contributed by atoms with E-state index in [0.29, 0.717) is 5.69 Å². The fourth-order valence-corrected chi connectivity index (χ4v) is 2.72. The van der Waals surface area contributed by atoms with Crippen molar-refractivity contribution in [3.05, 3.63) is 22.2 Å². The average Bonchev–Trinajstić information content (AvgIpc) is 2.64. The van der Waals surface area contributed by atoms with E-state index in [1.165, 1.54) is 11.3 Å². The van der Waals surface area contributed by atoms with Crippen molar-refractivity contribution in [1.29, 1.82) is 0 Å². The van der Waals surface area contributed by atoms with Gasteiger partial charge in [-0.25, -0.2) is 0 Å². The van der Waals surface area contributed by atoms with Crippen LogP contribution in [0, 0.1) is 0 Å². The molecule has 2 aromatic rings. The Balaban J connectivity index is 2.59. The molecule has 0 unspecified atom stereocenters. The van der Waals surface area contributed by atoms with E-state index in [0.717, 1.165) is 14.6 Å². The molecule has 0 spiro atoms. The van der Waals surface area contributed by atoms with Gasteiger partial charge in [-0.15, -0.1) is 11.3 Å². The number of carbonyl (C=O) groups excluding carboxylic acids is 1. The van der Waals surface area contributed by atoms with E-state index in [4.69, 9.17) is 11.6 Å². The van der Waals surface area contributed by atoms with Gasteiger partial charge in [0.15, 0.2) is 0 Å². The van der Waals surface area contributed by atoms with Gasteiger partial charge in [0.2, 0.25) is 0 Å². The Labute approximate surface area is 96.9 Å². The summed E-state index contributed by atoms with van der Waals surface area (Å²) in [4.78, 5) is 13.4. The summed E-state index contributed by atoms with van der Waals surface area (Å²) in [5, 5.41) is 0. The maximum Gasteiger partial charge on any atom is 0.270 e. The highest BCUT2D eigenvalue weighted by Gasteiger charge is 2.16. The van der Waals surface area contributed by atoms with Crippen molar-refractivity contribution in [2.45, 2.75) is 0 Å². The molecular formula is C10H11ClN2OS. The summed E-state index contributed by atoms with van der Waals surface area (Å²) in [7, 11) is 5.37. The summed E-state index contributed by atoms with van der Waals surface area (Å²) >= 11 is 7.39. The van der Waals surface area contributed by atoms with Crippen molar-refractivity contribution in [2.24, 2.45) is 7.05 Å². The van der Waals surface area contributed by atoms with E-state index < -0.39 is 0 Å². The summed E-state index contributed by atoms with van der Waals surface area (Å²) in [6.45, 7) is 0. The molecule has 0 atom stereocenters. The average molecular weight is 243 g/mol. The number of aryl methyl sites for hydroxylation is 1. The number of hydrogen-bond donors (Lipinski definition) is 0. The van der Waals surface area contributed by atoms with Gasteiger partial charge in [-0.2, -0.15) is 0 Å². The van der Waals surface area contributed by atoms with Crippen LogP contribution in [0.15, 0.2) is 12.1 Å². The number of aromatic nitrogens is 1. The highest BCUT2D eigenvalue weighted by molar-refractivity contribution is 7.22. The maximum atomic E-state index is 11.8. The normalized spacial score (nSPS) is 10.9. The van der Waals surface area contributed by atoms with Gasteiger partial charge in [-0.1, -0.05) is 11.6 Å². The van der Waals surface area contributed by atoms with E-state index in [-0.39, 0.29) is 5.91 Å². The molecule has 0 saturated carbocycles. The third kappa shape index (κ3) is 1.64. The summed E-state index contributed by atoms with van der Waals surface area (Å²) in [5.74, 6) is 0.0111. The molecule has 0 aliphatic rings. The molecule has 80 valence electrons. The Morgan fingerprint density at radius 3 is 2.67 bits per heavy atom. The van der Waals surface area contributed by atoms with E-state index in [1.54, 1.807) is 19.0 Å². The van der Waals surface area contributed by atoms with Crippen LogP contribution in [0.1, 0.15) is 10.5 Å². The molecule has 3 nitrogen and oxygen atoms in total. The van der Waals surface area contributed by atoms with E-state index in [9.17, 15) is 4.79 Å². The number of carbonyl (C=O) groups is 1. The smallest absolute Gasteiger partial charge is 0.270 e. The fourth-order valence-electron chi connectivity index (χ4n) is 1.52. The van der Waals surface area contributed by atoms with Crippen LogP contribution >= 0.6 is 22.9 Å². The molecule has 0 radical (unpaired) electrons. The Morgan fingerprint density at radius 2 is 2.13 bits per heavy atom. The van der Waals surface area contributed by atoms with Crippen molar-refractivity contribution < 1.29 is 4.79 Å². The Hall–Kier alpha value is -1.00. The zero-order valence-corrected chi connectivity index (χ0v) is 10.3. The Bertz CT molecular complexity index is 527. The van der Waals surface area contributed by atoms with Crippen LogP contribution < -0.4 is 0 Å². The minimum Gasteiger partial charge on any atom is -0.343 e. The van der Waals surface area contributed by atoms with Gasteiger partial charge in [0.05, 0.1) is 14.6 Å². The summed E-state index contributed by atoms with van der Waals surface area (Å²) in [6, 6.07) is 3.77. The number of halogens is 1. The zero-order valence-electron chi connectivity index (χ0n) is 8.74. The second-order valence-electron chi connectivity index (χ2n) is 3.59. The predicted octanol–water partition coefficient (Wildman–Crippen LogP) is 2.60. The van der Waals surface area contributed by atoms with E-state index in [2.05, 4.69) is 0 Å². The molecule has 2 rings (SSSR count). The highest BCUT2D eigenvalue weighted by Crippen LogP contribution is 2.31. The molecule has 0 saturated heterocycles. The van der Waals surface area contributed by atoms with Crippen molar-refractivity contribution in [3.8, 4) is 0 Å². The third-order valence-electron chi connectivity index (χ3n) is 2.33. The van der Waals surface area contributed by atoms with E-state index in [1.807, 2.05) is 23.7 Å². The van der Waals surface area contributed by atoms with Crippen molar-refractivity contribution >= 4 is 39.1 Å². The van der Waals surface area contributed by atoms with Crippen LogP contribution in [0.5, 0.6) is 0 Å². The molecular weight excluding hydrogens is 232 g/mol. The van der Waals surface area contributed by atoms with Crippen molar-refractivity contribution in [1.82, 2.24) is 9.47 Å². The molecule has 2 heterocycles. The molecule has 1 amide bonds. The fraction of sp³-hybridized carbons (Fsp3) is 0.300. The zero-order chi connectivity index (χ0) is 11.2. The molecule has 0 aliphatic carbocycles.